The van der Waals surface area contributed by atoms with Gasteiger partial charge in [-0.25, -0.2) is 9.69 Å². The molecule has 1 aliphatic heterocycles. The summed E-state index contributed by atoms with van der Waals surface area (Å²) in [6.45, 7) is 0. The van der Waals surface area contributed by atoms with E-state index in [4.69, 9.17) is 6.42 Å². The fourth-order valence-electron chi connectivity index (χ4n) is 1.76. The van der Waals surface area contributed by atoms with E-state index < -0.39 is 22.9 Å². The predicted molar refractivity (Wildman–Crippen MR) is 66.4 cm³/mol. The van der Waals surface area contributed by atoms with Crippen LogP contribution >= 0.6 is 0 Å². The van der Waals surface area contributed by atoms with E-state index in [9.17, 15) is 19.7 Å². The van der Waals surface area contributed by atoms with Crippen molar-refractivity contribution in [3.63, 3.8) is 0 Å². The van der Waals surface area contributed by atoms with Gasteiger partial charge in [0.2, 0.25) is 0 Å². The third-order valence-corrected chi connectivity index (χ3v) is 2.66. The van der Waals surface area contributed by atoms with E-state index >= 15 is 0 Å². The first kappa shape index (κ1) is 12.6. The van der Waals surface area contributed by atoms with Crippen molar-refractivity contribution < 1.29 is 14.5 Å². The first-order valence-corrected chi connectivity index (χ1v) is 5.37. The average Bonchev–Trinajstić information content (AvgIpc) is 2.65. The molecule has 1 aromatic rings. The molecule has 7 heteroatoms. The molecule has 1 N–H and O–H groups in total. The maximum atomic E-state index is 11.9. The van der Waals surface area contributed by atoms with Crippen molar-refractivity contribution in [2.45, 2.75) is 12.5 Å². The van der Waals surface area contributed by atoms with Gasteiger partial charge in [0, 0.05) is 18.6 Å². The molecule has 1 aliphatic rings. The van der Waals surface area contributed by atoms with Crippen molar-refractivity contribution >= 4 is 23.3 Å². The van der Waals surface area contributed by atoms with Crippen LogP contribution < -0.4 is 10.2 Å². The first-order valence-electron chi connectivity index (χ1n) is 5.37. The van der Waals surface area contributed by atoms with E-state index in [1.807, 2.05) is 0 Å². The van der Waals surface area contributed by atoms with Crippen molar-refractivity contribution in [1.82, 2.24) is 5.32 Å². The number of hydrogen-bond donors (Lipinski definition) is 1. The minimum Gasteiger partial charge on any atom is -0.324 e. The molecular formula is C12H9N3O4. The lowest BCUT2D eigenvalue weighted by Gasteiger charge is -2.12. The number of urea groups is 1. The molecule has 3 amide bonds. The molecule has 1 atom stereocenters. The number of nitrogens with one attached hydrogen (secondary N) is 1. The molecule has 96 valence electrons. The summed E-state index contributed by atoms with van der Waals surface area (Å²) in [6.07, 6.45) is 5.21. The van der Waals surface area contributed by atoms with Gasteiger partial charge in [0.15, 0.2) is 0 Å². The molecule has 0 saturated carbocycles. The van der Waals surface area contributed by atoms with Gasteiger partial charge in [0.1, 0.15) is 6.04 Å². The van der Waals surface area contributed by atoms with E-state index in [0.717, 1.165) is 4.90 Å². The molecule has 0 radical (unpaired) electrons. The normalized spacial score (nSPS) is 18.1. The van der Waals surface area contributed by atoms with Crippen molar-refractivity contribution in [3.05, 3.63) is 34.4 Å². The highest BCUT2D eigenvalue weighted by Crippen LogP contribution is 2.23. The molecule has 1 heterocycles. The van der Waals surface area contributed by atoms with Gasteiger partial charge in [-0.2, -0.15) is 0 Å². The molecule has 1 fully saturated rings. The molecule has 0 bridgehead atoms. The Labute approximate surface area is 108 Å². The van der Waals surface area contributed by atoms with E-state index in [-0.39, 0.29) is 17.8 Å². The van der Waals surface area contributed by atoms with Crippen LogP contribution in [0.3, 0.4) is 0 Å². The lowest BCUT2D eigenvalue weighted by atomic mass is 10.2. The number of nitro groups is 1. The van der Waals surface area contributed by atoms with Gasteiger partial charge in [-0.05, 0) is 12.1 Å². The van der Waals surface area contributed by atoms with Crippen LogP contribution in [0.1, 0.15) is 6.42 Å². The quantitative estimate of drug-likeness (QED) is 0.380. The molecule has 0 spiro atoms. The van der Waals surface area contributed by atoms with Crippen molar-refractivity contribution in [2.24, 2.45) is 0 Å². The molecule has 19 heavy (non-hydrogen) atoms. The van der Waals surface area contributed by atoms with Gasteiger partial charge in [0.05, 0.1) is 10.6 Å². The number of rotatable bonds is 3. The number of non-ortho nitro benzene ring substituents is 1. The highest BCUT2D eigenvalue weighted by Gasteiger charge is 2.38. The topological polar surface area (TPSA) is 92.6 Å². The van der Waals surface area contributed by atoms with Crippen molar-refractivity contribution in [2.75, 3.05) is 4.90 Å². The zero-order valence-corrected chi connectivity index (χ0v) is 9.70. The molecule has 0 aliphatic carbocycles. The second kappa shape index (κ2) is 4.78. The summed E-state index contributed by atoms with van der Waals surface area (Å²) in [5.74, 6) is 1.84. The minimum absolute atomic E-state index is 0.105. The van der Waals surface area contributed by atoms with Gasteiger partial charge in [0.25, 0.3) is 11.6 Å². The number of nitrogens with zero attached hydrogens (tertiary/aromatic N) is 2. The Bertz CT molecular complexity index is 588. The number of anilines is 1. The minimum atomic E-state index is -0.743. The second-order valence-corrected chi connectivity index (χ2v) is 3.86. The summed E-state index contributed by atoms with van der Waals surface area (Å²) in [4.78, 5) is 34.5. The SMILES string of the molecule is C#CCC1NC(=O)N(c2ccc([N+](=O)[O-])cc2)C1=O. The summed E-state index contributed by atoms with van der Waals surface area (Å²) in [7, 11) is 0. The summed E-state index contributed by atoms with van der Waals surface area (Å²) in [5, 5.41) is 13.0. The van der Waals surface area contributed by atoms with Crippen LogP contribution in [0.4, 0.5) is 16.2 Å². The molecule has 1 unspecified atom stereocenters. The summed E-state index contributed by atoms with van der Waals surface area (Å²) in [6, 6.07) is 3.81. The van der Waals surface area contributed by atoms with Gasteiger partial charge in [-0.3, -0.25) is 14.9 Å². The standard InChI is InChI=1S/C12H9N3O4/c1-2-3-10-11(16)14(12(17)13-10)8-4-6-9(7-5-8)15(18)19/h1,4-7,10H,3H2,(H,13,17). The number of benzene rings is 1. The van der Waals surface area contributed by atoms with E-state index in [1.54, 1.807) is 0 Å². The number of imide groups is 1. The average molecular weight is 259 g/mol. The third-order valence-electron chi connectivity index (χ3n) is 2.66. The predicted octanol–water partition coefficient (Wildman–Crippen LogP) is 1.04. The number of hydrogen-bond acceptors (Lipinski definition) is 4. The van der Waals surface area contributed by atoms with Gasteiger partial charge in [-0.1, -0.05) is 0 Å². The van der Waals surface area contributed by atoms with Crippen molar-refractivity contribution in [3.8, 4) is 12.3 Å². The molecule has 0 aromatic heterocycles. The maximum Gasteiger partial charge on any atom is 0.329 e. The highest BCUT2D eigenvalue weighted by atomic mass is 16.6. The zero-order chi connectivity index (χ0) is 14.0. The van der Waals surface area contributed by atoms with Crippen LogP contribution in [0.5, 0.6) is 0 Å². The number of amides is 3. The summed E-state index contributed by atoms with van der Waals surface area (Å²) < 4.78 is 0. The van der Waals surface area contributed by atoms with Gasteiger partial charge < -0.3 is 5.32 Å². The Kier molecular flexibility index (Phi) is 3.16. The Morgan fingerprint density at radius 2 is 2.00 bits per heavy atom. The van der Waals surface area contributed by atoms with E-state index in [1.165, 1.54) is 24.3 Å². The van der Waals surface area contributed by atoms with Crippen LogP contribution in [-0.2, 0) is 4.79 Å². The Morgan fingerprint density at radius 1 is 1.37 bits per heavy atom. The Balaban J connectivity index is 2.27. The van der Waals surface area contributed by atoms with E-state index in [2.05, 4.69) is 11.2 Å². The lowest BCUT2D eigenvalue weighted by molar-refractivity contribution is -0.384. The van der Waals surface area contributed by atoms with Crippen LogP contribution in [0.2, 0.25) is 0 Å². The van der Waals surface area contributed by atoms with Gasteiger partial charge >= 0.3 is 6.03 Å². The fraction of sp³-hybridized carbons (Fsp3) is 0.167. The van der Waals surface area contributed by atoms with Crippen LogP contribution in [0, 0.1) is 22.5 Å². The second-order valence-electron chi connectivity index (χ2n) is 3.86. The molecule has 7 nitrogen and oxygen atoms in total. The molecule has 1 saturated heterocycles. The monoisotopic (exact) mass is 259 g/mol. The number of nitro benzene ring substituents is 1. The third kappa shape index (κ3) is 2.24. The van der Waals surface area contributed by atoms with E-state index in [0.29, 0.717) is 0 Å². The van der Waals surface area contributed by atoms with Gasteiger partial charge in [-0.15, -0.1) is 12.3 Å². The first-order chi connectivity index (χ1) is 9.04. The van der Waals surface area contributed by atoms with Crippen LogP contribution in [0.15, 0.2) is 24.3 Å². The highest BCUT2D eigenvalue weighted by molar-refractivity contribution is 6.21. The molecular weight excluding hydrogens is 250 g/mol. The largest absolute Gasteiger partial charge is 0.329 e. The Hall–Kier alpha value is -2.88. The lowest BCUT2D eigenvalue weighted by Crippen LogP contribution is -2.31. The van der Waals surface area contributed by atoms with Crippen LogP contribution in [0.25, 0.3) is 0 Å². The number of carbonyl (C=O) groups excluding carboxylic acids is 2. The Morgan fingerprint density at radius 3 is 2.53 bits per heavy atom. The zero-order valence-electron chi connectivity index (χ0n) is 9.70. The summed E-state index contributed by atoms with van der Waals surface area (Å²) >= 11 is 0. The van der Waals surface area contributed by atoms with Crippen LogP contribution in [-0.4, -0.2) is 22.9 Å². The fourth-order valence-corrected chi connectivity index (χ4v) is 1.76. The molecule has 1 aromatic carbocycles. The van der Waals surface area contributed by atoms with Crippen molar-refractivity contribution in [1.29, 1.82) is 0 Å². The number of terminal acetylenes is 1. The molecule has 2 rings (SSSR count). The number of carbonyl (C=O) groups is 2. The maximum absolute atomic E-state index is 11.9. The smallest absolute Gasteiger partial charge is 0.324 e. The summed E-state index contributed by atoms with van der Waals surface area (Å²) in [5.41, 5.74) is 0.156.